The average Bonchev–Trinajstić information content (AvgIpc) is 3.35. The van der Waals surface area contributed by atoms with E-state index in [-0.39, 0.29) is 23.8 Å². The van der Waals surface area contributed by atoms with E-state index in [2.05, 4.69) is 5.32 Å². The van der Waals surface area contributed by atoms with E-state index in [0.717, 1.165) is 37.8 Å². The molecule has 4 nitrogen and oxygen atoms in total. The summed E-state index contributed by atoms with van der Waals surface area (Å²) in [5.74, 6) is 0.910. The normalized spacial score (nSPS) is 29.9. The van der Waals surface area contributed by atoms with Crippen LogP contribution in [0.5, 0.6) is 0 Å². The Morgan fingerprint density at radius 1 is 1.00 bits per heavy atom. The summed E-state index contributed by atoms with van der Waals surface area (Å²) in [5, 5.41) is 3.00. The first-order valence-electron chi connectivity index (χ1n) is 8.92. The molecule has 4 heteroatoms. The minimum Gasteiger partial charge on any atom is -0.327 e. The van der Waals surface area contributed by atoms with Crippen molar-refractivity contribution in [2.75, 3.05) is 5.32 Å². The number of carbonyl (C=O) groups is 2. The molecule has 2 aliphatic carbocycles. The molecular formula is C19H24N2O2. The van der Waals surface area contributed by atoms with Crippen LogP contribution in [-0.2, 0) is 9.59 Å². The number of nitrogens with zero attached hydrogens (tertiary/aromatic N) is 1. The number of hydrogen-bond donors (Lipinski definition) is 1. The van der Waals surface area contributed by atoms with Crippen LogP contribution < -0.4 is 5.32 Å². The fraction of sp³-hybridized carbons (Fsp3) is 0.579. The summed E-state index contributed by atoms with van der Waals surface area (Å²) >= 11 is 0. The molecule has 23 heavy (non-hydrogen) atoms. The Bertz CT molecular complexity index is 597. The number of rotatable bonds is 3. The number of nitrogens with one attached hydrogen (secondary N) is 1. The molecule has 4 rings (SSSR count). The maximum Gasteiger partial charge on any atom is 0.247 e. The molecule has 1 aromatic carbocycles. The van der Waals surface area contributed by atoms with Gasteiger partial charge in [0.05, 0.1) is 0 Å². The van der Waals surface area contributed by atoms with E-state index in [1.54, 1.807) is 0 Å². The number of anilines is 1. The second-order valence-corrected chi connectivity index (χ2v) is 7.24. The monoisotopic (exact) mass is 312 g/mol. The number of para-hydroxylation sites is 1. The highest BCUT2D eigenvalue weighted by Gasteiger charge is 2.50. The smallest absolute Gasteiger partial charge is 0.247 e. The van der Waals surface area contributed by atoms with Gasteiger partial charge >= 0.3 is 0 Å². The van der Waals surface area contributed by atoms with Crippen molar-refractivity contribution in [3.05, 3.63) is 30.3 Å². The van der Waals surface area contributed by atoms with Crippen LogP contribution in [0, 0.1) is 11.8 Å². The lowest BCUT2D eigenvalue weighted by Crippen LogP contribution is -2.48. The topological polar surface area (TPSA) is 49.4 Å². The average molecular weight is 312 g/mol. The summed E-state index contributed by atoms with van der Waals surface area (Å²) in [6, 6.07) is 9.57. The van der Waals surface area contributed by atoms with Crippen molar-refractivity contribution < 1.29 is 9.59 Å². The Morgan fingerprint density at radius 2 is 1.74 bits per heavy atom. The molecule has 0 spiro atoms. The van der Waals surface area contributed by atoms with Crippen LogP contribution in [0.1, 0.15) is 44.9 Å². The second kappa shape index (κ2) is 5.99. The molecule has 3 atom stereocenters. The van der Waals surface area contributed by atoms with Crippen molar-refractivity contribution >= 4 is 17.5 Å². The maximum absolute atomic E-state index is 12.8. The van der Waals surface area contributed by atoms with Gasteiger partial charge in [-0.15, -0.1) is 0 Å². The molecule has 3 unspecified atom stereocenters. The van der Waals surface area contributed by atoms with Crippen LogP contribution in [0.2, 0.25) is 0 Å². The van der Waals surface area contributed by atoms with E-state index < -0.39 is 0 Å². The van der Waals surface area contributed by atoms with E-state index in [9.17, 15) is 9.59 Å². The van der Waals surface area contributed by atoms with Gasteiger partial charge in [0.25, 0.3) is 0 Å². The molecule has 122 valence electrons. The van der Waals surface area contributed by atoms with E-state index in [1.807, 2.05) is 35.2 Å². The highest BCUT2D eigenvalue weighted by Crippen LogP contribution is 2.43. The van der Waals surface area contributed by atoms with Gasteiger partial charge in [-0.3, -0.25) is 9.59 Å². The zero-order valence-electron chi connectivity index (χ0n) is 13.4. The zero-order chi connectivity index (χ0) is 15.8. The van der Waals surface area contributed by atoms with Crippen molar-refractivity contribution in [2.45, 2.75) is 57.0 Å². The molecule has 0 radical (unpaired) electrons. The molecule has 3 aliphatic rings. The van der Waals surface area contributed by atoms with Gasteiger partial charge in [-0.2, -0.15) is 0 Å². The zero-order valence-corrected chi connectivity index (χ0v) is 13.4. The quantitative estimate of drug-likeness (QED) is 0.932. The number of likely N-dealkylation sites (tertiary alicyclic amines) is 1. The molecular weight excluding hydrogens is 288 g/mol. The molecule has 1 aliphatic heterocycles. The van der Waals surface area contributed by atoms with E-state index >= 15 is 0 Å². The van der Waals surface area contributed by atoms with Gasteiger partial charge in [0.15, 0.2) is 0 Å². The van der Waals surface area contributed by atoms with Gasteiger partial charge < -0.3 is 10.2 Å². The highest BCUT2D eigenvalue weighted by molar-refractivity contribution is 5.98. The van der Waals surface area contributed by atoms with Crippen molar-refractivity contribution in [1.29, 1.82) is 0 Å². The Morgan fingerprint density at radius 3 is 2.48 bits per heavy atom. The minimum atomic E-state index is -0.281. The fourth-order valence-corrected chi connectivity index (χ4v) is 4.30. The number of amides is 2. The molecule has 1 saturated heterocycles. The van der Waals surface area contributed by atoms with E-state index in [0.29, 0.717) is 12.0 Å². The third-order valence-electron chi connectivity index (χ3n) is 5.61. The number of carbonyl (C=O) groups excluding carboxylic acids is 2. The molecule has 1 aromatic rings. The molecule has 1 heterocycles. The van der Waals surface area contributed by atoms with Crippen LogP contribution in [0.25, 0.3) is 0 Å². The van der Waals surface area contributed by atoms with Gasteiger partial charge in [-0.05, 0) is 50.2 Å². The Balaban J connectivity index is 1.54. The maximum atomic E-state index is 12.8. The van der Waals surface area contributed by atoms with Crippen molar-refractivity contribution in [3.63, 3.8) is 0 Å². The Hall–Kier alpha value is -1.84. The summed E-state index contributed by atoms with van der Waals surface area (Å²) < 4.78 is 0. The Kier molecular flexibility index (Phi) is 3.83. The fourth-order valence-electron chi connectivity index (χ4n) is 4.30. The molecule has 0 aromatic heterocycles. The number of benzene rings is 1. The predicted octanol–water partition coefficient (Wildman–Crippen LogP) is 3.19. The first kappa shape index (κ1) is 14.7. The molecule has 0 bridgehead atoms. The molecule has 2 amide bonds. The van der Waals surface area contributed by atoms with Gasteiger partial charge in [-0.1, -0.05) is 31.0 Å². The first-order chi connectivity index (χ1) is 11.2. The lowest BCUT2D eigenvalue weighted by atomic mass is 9.84. The summed E-state index contributed by atoms with van der Waals surface area (Å²) in [5.41, 5.74) is 0.811. The van der Waals surface area contributed by atoms with Crippen LogP contribution in [0.15, 0.2) is 30.3 Å². The van der Waals surface area contributed by atoms with E-state index in [4.69, 9.17) is 0 Å². The van der Waals surface area contributed by atoms with Crippen LogP contribution in [-0.4, -0.2) is 28.8 Å². The number of fused-ring (bicyclic) bond motifs is 1. The standard InChI is InChI=1S/C19H24N2O2/c22-18(20-15-7-2-1-3-8-15)17-12-14-6-4-5-9-16(14)21(17)19(23)13-10-11-13/h1-3,7-8,13-14,16-17H,4-6,9-12H2,(H,20,22). The Labute approximate surface area is 137 Å². The molecule has 3 fully saturated rings. The van der Waals surface area contributed by atoms with Crippen LogP contribution in [0.3, 0.4) is 0 Å². The SMILES string of the molecule is O=C(Nc1ccccc1)C1CC2CCCCC2N1C(=O)C1CC1. The van der Waals surface area contributed by atoms with Crippen molar-refractivity contribution in [2.24, 2.45) is 11.8 Å². The third kappa shape index (κ3) is 2.87. The van der Waals surface area contributed by atoms with Crippen LogP contribution >= 0.6 is 0 Å². The second-order valence-electron chi connectivity index (χ2n) is 7.24. The van der Waals surface area contributed by atoms with Gasteiger partial charge in [0, 0.05) is 17.6 Å². The summed E-state index contributed by atoms with van der Waals surface area (Å²) in [4.78, 5) is 27.6. The highest BCUT2D eigenvalue weighted by atomic mass is 16.2. The van der Waals surface area contributed by atoms with Crippen LogP contribution in [0.4, 0.5) is 5.69 Å². The van der Waals surface area contributed by atoms with Gasteiger partial charge in [0.1, 0.15) is 6.04 Å². The lowest BCUT2D eigenvalue weighted by molar-refractivity contribution is -0.140. The van der Waals surface area contributed by atoms with Gasteiger partial charge in [0.2, 0.25) is 11.8 Å². The largest absolute Gasteiger partial charge is 0.327 e. The lowest BCUT2D eigenvalue weighted by Gasteiger charge is -2.33. The van der Waals surface area contributed by atoms with Crippen molar-refractivity contribution in [3.8, 4) is 0 Å². The van der Waals surface area contributed by atoms with Crippen molar-refractivity contribution in [1.82, 2.24) is 4.90 Å². The predicted molar refractivity (Wildman–Crippen MR) is 88.8 cm³/mol. The van der Waals surface area contributed by atoms with Gasteiger partial charge in [-0.25, -0.2) is 0 Å². The summed E-state index contributed by atoms with van der Waals surface area (Å²) in [7, 11) is 0. The summed E-state index contributed by atoms with van der Waals surface area (Å²) in [6.07, 6.45) is 7.48. The first-order valence-corrected chi connectivity index (χ1v) is 8.92. The minimum absolute atomic E-state index is 0.0143. The van der Waals surface area contributed by atoms with E-state index in [1.165, 1.54) is 12.8 Å². The molecule has 2 saturated carbocycles. The summed E-state index contributed by atoms with van der Waals surface area (Å²) in [6.45, 7) is 0. The number of hydrogen-bond acceptors (Lipinski definition) is 2. The third-order valence-corrected chi connectivity index (χ3v) is 5.61. The molecule has 1 N–H and O–H groups in total.